The number of nitrogens with zero attached hydrogens (tertiary/aromatic N) is 4. The Morgan fingerprint density at radius 1 is 1.07 bits per heavy atom. The summed E-state index contributed by atoms with van der Waals surface area (Å²) >= 11 is 18.6. The second-order valence-corrected chi connectivity index (χ2v) is 10.4. The number of fused-ring (bicyclic) bond motifs is 1. The maximum Gasteiger partial charge on any atom is 0.264 e. The van der Waals surface area contributed by atoms with Gasteiger partial charge in [0.05, 0.1) is 23.2 Å². The number of hydrogen-bond donors (Lipinski definition) is 0. The Morgan fingerprint density at radius 3 is 2.58 bits per heavy atom. The average Bonchev–Trinajstić information content (AvgIpc) is 2.94. The number of nitriles is 1. The molecule has 40 heavy (non-hydrogen) atoms. The number of hydrazine groups is 1. The number of carbonyl (C=O) groups excluding carboxylic acids is 2. The molecule has 0 unspecified atom stereocenters. The number of halogens is 3. The molecule has 11 heteroatoms. The molecule has 0 bridgehead atoms. The predicted molar refractivity (Wildman–Crippen MR) is 153 cm³/mol. The van der Waals surface area contributed by atoms with E-state index >= 15 is 0 Å². The van der Waals surface area contributed by atoms with Gasteiger partial charge >= 0.3 is 0 Å². The van der Waals surface area contributed by atoms with Gasteiger partial charge in [-0.15, -0.1) is 0 Å². The largest absolute Gasteiger partial charge is 0.492 e. The van der Waals surface area contributed by atoms with E-state index in [1.54, 1.807) is 30.3 Å². The van der Waals surface area contributed by atoms with Crippen molar-refractivity contribution < 1.29 is 19.1 Å². The Hall–Kier alpha value is -3.64. The highest BCUT2D eigenvalue weighted by Gasteiger charge is 2.35. The summed E-state index contributed by atoms with van der Waals surface area (Å²) in [5, 5.41) is 13.5. The van der Waals surface area contributed by atoms with Crippen LogP contribution in [0.2, 0.25) is 15.1 Å². The summed E-state index contributed by atoms with van der Waals surface area (Å²) < 4.78 is 11.7. The third-order valence-electron chi connectivity index (χ3n) is 6.45. The van der Waals surface area contributed by atoms with Gasteiger partial charge in [0.15, 0.2) is 12.8 Å². The molecule has 3 aromatic carbocycles. The Bertz CT molecular complexity index is 1400. The third-order valence-corrected chi connectivity index (χ3v) is 7.28. The Labute approximate surface area is 248 Å². The highest BCUT2D eigenvalue weighted by atomic mass is 35.5. The lowest BCUT2D eigenvalue weighted by Crippen LogP contribution is -2.55. The molecular weight excluding hydrogens is 575 g/mol. The number of rotatable bonds is 5. The second-order valence-electron chi connectivity index (χ2n) is 9.11. The van der Waals surface area contributed by atoms with Gasteiger partial charge in [-0.2, -0.15) is 5.26 Å². The molecule has 208 valence electrons. The summed E-state index contributed by atoms with van der Waals surface area (Å²) in [6, 6.07) is 18.4. The second kappa shape index (κ2) is 13.6. The molecule has 0 radical (unpaired) electrons. The Morgan fingerprint density at radius 2 is 1.85 bits per heavy atom. The topological polar surface area (TPSA) is 86.1 Å². The van der Waals surface area contributed by atoms with Gasteiger partial charge in [-0.05, 0) is 36.2 Å². The SMILES string of the molecule is CN1C(=O)[C@H](Cc2ccccc2)N(C(=O)COc2ccc(Cl)cc2Cl)CCCOc2c(Cl)cccc2CN1C#N. The van der Waals surface area contributed by atoms with Crippen molar-refractivity contribution in [2.75, 3.05) is 26.8 Å². The molecule has 2 amide bonds. The van der Waals surface area contributed by atoms with E-state index in [0.717, 1.165) is 5.56 Å². The predicted octanol–water partition coefficient (Wildman–Crippen LogP) is 5.60. The molecule has 0 N–H and O–H groups in total. The zero-order valence-corrected chi connectivity index (χ0v) is 24.0. The standard InChI is InChI=1S/C29H27Cl3N4O4/c1-34-29(38)25(15-20-7-3-2-4-8-20)36(27(37)18-40-26-12-11-22(30)16-24(26)32)13-6-14-39-28-21(17-35(34)19-33)9-5-10-23(28)31/h2-5,7-12,16,25H,6,13-15,17-18H2,1H3/t25-/m0/s1. The van der Waals surface area contributed by atoms with Crippen LogP contribution in [0.15, 0.2) is 66.7 Å². The zero-order chi connectivity index (χ0) is 28.6. The van der Waals surface area contributed by atoms with Crippen molar-refractivity contribution in [3.8, 4) is 17.7 Å². The van der Waals surface area contributed by atoms with Crippen molar-refractivity contribution >= 4 is 46.6 Å². The van der Waals surface area contributed by atoms with Crippen LogP contribution in [0, 0.1) is 11.5 Å². The lowest BCUT2D eigenvalue weighted by Gasteiger charge is -2.36. The van der Waals surface area contributed by atoms with E-state index in [1.165, 1.54) is 28.0 Å². The van der Waals surface area contributed by atoms with Gasteiger partial charge in [0.2, 0.25) is 0 Å². The first-order valence-corrected chi connectivity index (χ1v) is 13.7. The molecule has 8 nitrogen and oxygen atoms in total. The van der Waals surface area contributed by atoms with E-state index in [2.05, 4.69) is 6.19 Å². The van der Waals surface area contributed by atoms with Crippen molar-refractivity contribution in [1.82, 2.24) is 14.9 Å². The first kappa shape index (κ1) is 29.3. The number of para-hydroxylation sites is 1. The van der Waals surface area contributed by atoms with Crippen LogP contribution in [0.25, 0.3) is 0 Å². The summed E-state index contributed by atoms with van der Waals surface area (Å²) in [4.78, 5) is 29.1. The van der Waals surface area contributed by atoms with Crippen molar-refractivity contribution in [1.29, 1.82) is 5.26 Å². The number of benzene rings is 3. The molecule has 0 aromatic heterocycles. The van der Waals surface area contributed by atoms with E-state index in [-0.39, 0.29) is 37.7 Å². The molecule has 0 saturated carbocycles. The fraction of sp³-hybridized carbons (Fsp3) is 0.276. The van der Waals surface area contributed by atoms with Crippen molar-refractivity contribution in [2.24, 2.45) is 0 Å². The van der Waals surface area contributed by atoms with E-state index < -0.39 is 17.9 Å². The normalized spacial score (nSPS) is 16.2. The Kier molecular flexibility index (Phi) is 9.99. The summed E-state index contributed by atoms with van der Waals surface area (Å²) in [6.07, 6.45) is 2.72. The molecule has 1 aliphatic heterocycles. The molecule has 0 saturated heterocycles. The van der Waals surface area contributed by atoms with Crippen molar-refractivity contribution in [2.45, 2.75) is 25.4 Å². The fourth-order valence-electron chi connectivity index (χ4n) is 4.39. The summed E-state index contributed by atoms with van der Waals surface area (Å²) in [7, 11) is 1.51. The molecule has 0 spiro atoms. The van der Waals surface area contributed by atoms with Crippen molar-refractivity contribution in [3.63, 3.8) is 0 Å². The van der Waals surface area contributed by atoms with Crippen LogP contribution in [0.3, 0.4) is 0 Å². The number of likely N-dealkylation sites (N-methyl/N-ethyl adjacent to an activating group) is 1. The van der Waals surface area contributed by atoms with E-state index in [4.69, 9.17) is 44.3 Å². The Balaban J connectivity index is 1.67. The number of carbonyl (C=O) groups is 2. The van der Waals surface area contributed by atoms with Crippen LogP contribution in [0.5, 0.6) is 11.5 Å². The van der Waals surface area contributed by atoms with E-state index in [9.17, 15) is 14.9 Å². The lowest BCUT2D eigenvalue weighted by atomic mass is 10.0. The monoisotopic (exact) mass is 600 g/mol. The van der Waals surface area contributed by atoms with Crippen LogP contribution in [0.4, 0.5) is 0 Å². The van der Waals surface area contributed by atoms with Crippen LogP contribution < -0.4 is 9.47 Å². The average molecular weight is 602 g/mol. The molecule has 4 rings (SSSR count). The maximum absolute atomic E-state index is 14.0. The van der Waals surface area contributed by atoms with E-state index in [0.29, 0.717) is 33.5 Å². The van der Waals surface area contributed by atoms with Crippen LogP contribution in [-0.2, 0) is 22.6 Å². The van der Waals surface area contributed by atoms with Gasteiger partial charge in [0.1, 0.15) is 17.5 Å². The molecular formula is C29H27Cl3N4O4. The van der Waals surface area contributed by atoms with Gasteiger partial charge in [0.25, 0.3) is 11.8 Å². The first-order chi connectivity index (χ1) is 19.3. The smallest absolute Gasteiger partial charge is 0.264 e. The van der Waals surface area contributed by atoms with Crippen molar-refractivity contribution in [3.05, 3.63) is 92.9 Å². The molecule has 1 heterocycles. The number of ether oxygens (including phenoxy) is 2. The highest BCUT2D eigenvalue weighted by Crippen LogP contribution is 2.31. The molecule has 0 aliphatic carbocycles. The zero-order valence-electron chi connectivity index (χ0n) is 21.7. The molecule has 3 aromatic rings. The highest BCUT2D eigenvalue weighted by molar-refractivity contribution is 6.35. The maximum atomic E-state index is 14.0. The van der Waals surface area contributed by atoms with Gasteiger partial charge in [-0.3, -0.25) is 9.59 Å². The quantitative estimate of drug-likeness (QED) is 0.354. The number of amides is 2. The van der Waals surface area contributed by atoms with E-state index in [1.807, 2.05) is 30.3 Å². The summed E-state index contributed by atoms with van der Waals surface area (Å²) in [5.74, 6) is -0.117. The van der Waals surface area contributed by atoms with Gasteiger partial charge < -0.3 is 14.4 Å². The third kappa shape index (κ3) is 7.11. The minimum absolute atomic E-state index is 0.0544. The first-order valence-electron chi connectivity index (χ1n) is 12.5. The molecule has 1 aliphatic rings. The van der Waals surface area contributed by atoms with Gasteiger partial charge in [0, 0.05) is 30.6 Å². The van der Waals surface area contributed by atoms with Gasteiger partial charge in [-0.1, -0.05) is 77.3 Å². The minimum atomic E-state index is -0.918. The molecule has 0 fully saturated rings. The fourth-order valence-corrected chi connectivity index (χ4v) is 5.10. The summed E-state index contributed by atoms with van der Waals surface area (Å²) in [6.45, 7) is 0.124. The minimum Gasteiger partial charge on any atom is -0.492 e. The van der Waals surface area contributed by atoms with Crippen LogP contribution >= 0.6 is 34.8 Å². The van der Waals surface area contributed by atoms with Gasteiger partial charge in [-0.25, -0.2) is 10.0 Å². The van der Waals surface area contributed by atoms with Crippen LogP contribution in [-0.4, -0.2) is 59.6 Å². The number of hydrogen-bond acceptors (Lipinski definition) is 6. The summed E-state index contributed by atoms with van der Waals surface area (Å²) in [5.41, 5.74) is 1.52. The lowest BCUT2D eigenvalue weighted by molar-refractivity contribution is -0.154. The molecule has 1 atom stereocenters. The van der Waals surface area contributed by atoms with Crippen LogP contribution in [0.1, 0.15) is 17.5 Å².